The molecule has 5 rings (SSSR count). The molecule has 48 heavy (non-hydrogen) atoms. The smallest absolute Gasteiger partial charge is 0.459 e. The molecule has 17 heteroatoms. The van der Waals surface area contributed by atoms with Gasteiger partial charge < -0.3 is 29.7 Å². The van der Waals surface area contributed by atoms with Crippen molar-refractivity contribution >= 4 is 31.1 Å². The van der Waals surface area contributed by atoms with Crippen LogP contribution in [0, 0.1) is 0 Å². The molecule has 1 saturated heterocycles. The first-order chi connectivity index (χ1) is 22.8. The van der Waals surface area contributed by atoms with Crippen LogP contribution in [0.15, 0.2) is 65.6 Å². The van der Waals surface area contributed by atoms with E-state index in [-0.39, 0.29) is 11.6 Å². The second-order valence-electron chi connectivity index (χ2n) is 11.5. The van der Waals surface area contributed by atoms with E-state index in [1.165, 1.54) is 19.1 Å². The molecule has 2 unspecified atom stereocenters. The number of rotatable bonds is 12. The SMILES string of the molecule is CC(C)OC(=O)[C@@H](C)NP(=O)(OC[C@H]1OC(n2ccc(NC(=O)c3ccc4c(c3)CCCN4)nc2=O)C(F)(F)[C@@H]1O)Oc1ccccc1. The Balaban J connectivity index is 1.28. The lowest BCUT2D eigenvalue weighted by atomic mass is 10.0. The first-order valence-corrected chi connectivity index (χ1v) is 16.8. The predicted octanol–water partition coefficient (Wildman–Crippen LogP) is 3.88. The Morgan fingerprint density at radius 3 is 2.65 bits per heavy atom. The van der Waals surface area contributed by atoms with E-state index in [4.69, 9.17) is 18.5 Å². The number of para-hydroxylation sites is 1. The molecule has 4 N–H and O–H groups in total. The Morgan fingerprint density at radius 1 is 1.19 bits per heavy atom. The lowest BCUT2D eigenvalue weighted by molar-refractivity contribution is -0.149. The van der Waals surface area contributed by atoms with Crippen molar-refractivity contribution < 1.29 is 46.6 Å². The number of carbonyl (C=O) groups excluding carboxylic acids is 2. The van der Waals surface area contributed by atoms with Crippen LogP contribution in [0.2, 0.25) is 0 Å². The standard InChI is InChI=1S/C31H36F2N5O9P/c1-18(2)45-28(41)19(3)37-48(43,47-22-9-5-4-6-10-22)44-17-24-26(39)31(32,33)29(46-24)38-15-13-25(36-30(38)42)35-27(40)21-11-12-23-20(16-21)8-7-14-34-23/h4-6,9-13,15-16,18-19,24,26,29,34,39H,7-8,14,17H2,1-3H3,(H,37,43)(H,35,36,40,42)/t19-,24-,26-,29?,48?/m1/s1. The molecule has 0 spiro atoms. The molecule has 2 aliphatic heterocycles. The van der Waals surface area contributed by atoms with Crippen LogP contribution in [0.5, 0.6) is 5.75 Å². The molecule has 258 valence electrons. The van der Waals surface area contributed by atoms with Gasteiger partial charge in [0.25, 0.3) is 5.91 Å². The normalized spacial score (nSPS) is 21.8. The Hall–Kier alpha value is -4.21. The Kier molecular flexibility index (Phi) is 10.6. The van der Waals surface area contributed by atoms with Gasteiger partial charge in [-0.05, 0) is 75.6 Å². The third-order valence-electron chi connectivity index (χ3n) is 7.44. The third-order valence-corrected chi connectivity index (χ3v) is 9.09. The van der Waals surface area contributed by atoms with Crippen LogP contribution < -0.4 is 25.9 Å². The minimum atomic E-state index is -4.48. The van der Waals surface area contributed by atoms with E-state index in [1.807, 2.05) is 0 Å². The number of hydrogen-bond donors (Lipinski definition) is 4. The minimum absolute atomic E-state index is 0.0716. The fraction of sp³-hybridized carbons (Fsp3) is 0.419. The number of hydrogen-bond acceptors (Lipinski definition) is 11. The summed E-state index contributed by atoms with van der Waals surface area (Å²) in [5.41, 5.74) is 1.04. The van der Waals surface area contributed by atoms with Gasteiger partial charge in [0.05, 0.1) is 12.7 Å². The number of anilines is 2. The summed E-state index contributed by atoms with van der Waals surface area (Å²) in [5.74, 6) is -5.48. The zero-order chi connectivity index (χ0) is 34.6. The molecule has 1 fully saturated rings. The molecule has 1 amide bonds. The van der Waals surface area contributed by atoms with E-state index in [1.54, 1.807) is 50.2 Å². The quantitative estimate of drug-likeness (QED) is 0.159. The van der Waals surface area contributed by atoms with E-state index in [0.29, 0.717) is 10.1 Å². The highest BCUT2D eigenvalue weighted by atomic mass is 31.2. The van der Waals surface area contributed by atoms with Crippen LogP contribution in [0.25, 0.3) is 0 Å². The van der Waals surface area contributed by atoms with Gasteiger partial charge in [-0.3, -0.25) is 18.7 Å². The van der Waals surface area contributed by atoms with Crippen molar-refractivity contribution in [2.24, 2.45) is 0 Å². The molecule has 2 aliphatic rings. The number of nitrogens with one attached hydrogen (secondary N) is 3. The van der Waals surface area contributed by atoms with Gasteiger partial charge in [-0.25, -0.2) is 9.36 Å². The second kappa shape index (κ2) is 14.5. The Labute approximate surface area is 274 Å². The minimum Gasteiger partial charge on any atom is -0.462 e. The number of aryl methyl sites for hydroxylation is 1. The van der Waals surface area contributed by atoms with E-state index in [2.05, 4.69) is 20.7 Å². The molecular weight excluding hydrogens is 655 g/mol. The fourth-order valence-corrected chi connectivity index (χ4v) is 6.58. The summed E-state index contributed by atoms with van der Waals surface area (Å²) in [5, 5.41) is 18.7. The first kappa shape index (κ1) is 35.1. The van der Waals surface area contributed by atoms with E-state index < -0.39 is 68.4 Å². The van der Waals surface area contributed by atoms with Crippen molar-refractivity contribution in [2.75, 3.05) is 23.8 Å². The molecule has 0 radical (unpaired) electrons. The summed E-state index contributed by atoms with van der Waals surface area (Å²) in [4.78, 5) is 41.8. The molecule has 1 aromatic heterocycles. The van der Waals surface area contributed by atoms with E-state index in [0.717, 1.165) is 42.9 Å². The predicted molar refractivity (Wildman–Crippen MR) is 169 cm³/mol. The van der Waals surface area contributed by atoms with Gasteiger partial charge in [-0.2, -0.15) is 18.9 Å². The average Bonchev–Trinajstić information content (AvgIpc) is 3.27. The van der Waals surface area contributed by atoms with Crippen LogP contribution in [0.1, 0.15) is 49.3 Å². The van der Waals surface area contributed by atoms with Crippen LogP contribution >= 0.6 is 7.75 Å². The molecule has 0 bridgehead atoms. The summed E-state index contributed by atoms with van der Waals surface area (Å²) in [6, 6.07) is 12.8. The van der Waals surface area contributed by atoms with Crippen molar-refractivity contribution in [1.82, 2.24) is 14.6 Å². The van der Waals surface area contributed by atoms with Crippen LogP contribution in [0.3, 0.4) is 0 Å². The number of halogens is 2. The Morgan fingerprint density at radius 2 is 1.94 bits per heavy atom. The van der Waals surface area contributed by atoms with Crippen molar-refractivity contribution in [3.8, 4) is 5.75 Å². The van der Waals surface area contributed by atoms with Crippen molar-refractivity contribution in [3.05, 3.63) is 82.4 Å². The third kappa shape index (κ3) is 8.08. The number of nitrogens with zero attached hydrogens (tertiary/aromatic N) is 2. The van der Waals surface area contributed by atoms with Gasteiger partial charge in [0.1, 0.15) is 23.7 Å². The summed E-state index contributed by atoms with van der Waals surface area (Å²) in [7, 11) is -4.48. The number of benzene rings is 2. The van der Waals surface area contributed by atoms with Gasteiger partial charge >= 0.3 is 25.3 Å². The lowest BCUT2D eigenvalue weighted by Crippen LogP contribution is -2.42. The molecule has 2 aromatic carbocycles. The Bertz CT molecular complexity index is 1740. The molecule has 0 aliphatic carbocycles. The highest BCUT2D eigenvalue weighted by molar-refractivity contribution is 7.52. The van der Waals surface area contributed by atoms with Crippen LogP contribution in [-0.2, 0) is 29.8 Å². The van der Waals surface area contributed by atoms with Gasteiger partial charge in [-0.1, -0.05) is 18.2 Å². The van der Waals surface area contributed by atoms with Gasteiger partial charge in [0.15, 0.2) is 6.10 Å². The maximum absolute atomic E-state index is 15.3. The maximum Gasteiger partial charge on any atom is 0.459 e. The zero-order valence-corrected chi connectivity index (χ0v) is 27.2. The van der Waals surface area contributed by atoms with Gasteiger partial charge in [0, 0.05) is 24.0 Å². The number of aliphatic hydroxyl groups is 1. The summed E-state index contributed by atoms with van der Waals surface area (Å²) < 4.78 is 66.2. The number of fused-ring (bicyclic) bond motifs is 1. The van der Waals surface area contributed by atoms with Crippen molar-refractivity contribution in [2.45, 2.75) is 70.1 Å². The topological polar surface area (TPSA) is 179 Å². The highest BCUT2D eigenvalue weighted by Crippen LogP contribution is 2.48. The number of esters is 1. The van der Waals surface area contributed by atoms with Crippen molar-refractivity contribution in [1.29, 1.82) is 0 Å². The van der Waals surface area contributed by atoms with E-state index >= 15 is 8.78 Å². The number of ether oxygens (including phenoxy) is 2. The molecule has 0 saturated carbocycles. The number of aliphatic hydroxyl groups excluding tert-OH is 1. The number of alkyl halides is 2. The van der Waals surface area contributed by atoms with Gasteiger partial charge in [0.2, 0.25) is 6.23 Å². The molecular formula is C31H36F2N5O9P. The van der Waals surface area contributed by atoms with Gasteiger partial charge in [-0.15, -0.1) is 0 Å². The second-order valence-corrected chi connectivity index (χ2v) is 13.2. The van der Waals surface area contributed by atoms with Crippen LogP contribution in [-0.4, -0.2) is 70.0 Å². The zero-order valence-electron chi connectivity index (χ0n) is 26.3. The highest BCUT2D eigenvalue weighted by Gasteiger charge is 2.60. The monoisotopic (exact) mass is 691 g/mol. The lowest BCUT2D eigenvalue weighted by Gasteiger charge is -2.25. The average molecular weight is 692 g/mol. The number of carbonyl (C=O) groups is 2. The molecule has 3 aromatic rings. The first-order valence-electron chi connectivity index (χ1n) is 15.2. The van der Waals surface area contributed by atoms with E-state index in [9.17, 15) is 24.1 Å². The summed E-state index contributed by atoms with van der Waals surface area (Å²) >= 11 is 0. The molecule has 3 heterocycles. The fourth-order valence-electron chi connectivity index (χ4n) is 5.08. The number of amides is 1. The largest absolute Gasteiger partial charge is 0.462 e. The maximum atomic E-state index is 15.3. The van der Waals surface area contributed by atoms with Crippen LogP contribution in [0.4, 0.5) is 20.3 Å². The summed E-state index contributed by atoms with van der Waals surface area (Å²) in [6.07, 6.45) is -4.47. The number of aromatic nitrogens is 2. The molecule has 14 nitrogen and oxygen atoms in total. The van der Waals surface area contributed by atoms with Crippen molar-refractivity contribution in [3.63, 3.8) is 0 Å². The summed E-state index contributed by atoms with van der Waals surface area (Å²) in [6.45, 7) is 4.52. The molecule has 5 atom stereocenters.